The minimum atomic E-state index is -0.455. The summed E-state index contributed by atoms with van der Waals surface area (Å²) in [5.41, 5.74) is -0.00343. The van der Waals surface area contributed by atoms with E-state index in [9.17, 15) is 14.9 Å². The summed E-state index contributed by atoms with van der Waals surface area (Å²) in [7, 11) is 0. The molecule has 0 atom stereocenters. The lowest BCUT2D eigenvalue weighted by atomic mass is 10.2. The van der Waals surface area contributed by atoms with Gasteiger partial charge in [0.1, 0.15) is 12.0 Å². The van der Waals surface area contributed by atoms with Crippen molar-refractivity contribution in [1.29, 1.82) is 0 Å². The Bertz CT molecular complexity index is 519. The van der Waals surface area contributed by atoms with Crippen LogP contribution < -0.4 is 4.90 Å². The SMILES string of the molecule is O=C(C1CC1)N1CCN(c2ccc([N+](=O)[O-])cn2)CC1. The average Bonchev–Trinajstić information content (AvgIpc) is 3.31. The zero-order chi connectivity index (χ0) is 14.1. The molecule has 1 saturated carbocycles. The van der Waals surface area contributed by atoms with E-state index in [4.69, 9.17) is 0 Å². The lowest BCUT2D eigenvalue weighted by Crippen LogP contribution is -2.49. The molecule has 7 heteroatoms. The number of hydrogen-bond acceptors (Lipinski definition) is 5. The van der Waals surface area contributed by atoms with Gasteiger partial charge in [-0.1, -0.05) is 0 Å². The summed E-state index contributed by atoms with van der Waals surface area (Å²) in [5.74, 6) is 1.27. The van der Waals surface area contributed by atoms with Crippen LogP contribution in [0.25, 0.3) is 0 Å². The largest absolute Gasteiger partial charge is 0.353 e. The standard InChI is InChI=1S/C13H16N4O3/c18-13(10-1-2-10)16-7-5-15(6-8-16)12-4-3-11(9-14-12)17(19)20/h3-4,9-10H,1-2,5-8H2. The number of amides is 1. The van der Waals surface area contributed by atoms with Gasteiger partial charge in [-0.15, -0.1) is 0 Å². The van der Waals surface area contributed by atoms with Gasteiger partial charge >= 0.3 is 0 Å². The first-order chi connectivity index (χ1) is 9.65. The average molecular weight is 276 g/mol. The third-order valence-electron chi connectivity index (χ3n) is 3.79. The van der Waals surface area contributed by atoms with E-state index in [1.807, 2.05) is 4.90 Å². The van der Waals surface area contributed by atoms with Crippen molar-refractivity contribution in [2.45, 2.75) is 12.8 Å². The number of carbonyl (C=O) groups is 1. The molecule has 7 nitrogen and oxygen atoms in total. The maximum absolute atomic E-state index is 11.9. The van der Waals surface area contributed by atoms with Gasteiger partial charge in [0.05, 0.1) is 4.92 Å². The molecule has 106 valence electrons. The number of aromatic nitrogens is 1. The molecule has 1 aromatic heterocycles. The quantitative estimate of drug-likeness (QED) is 0.609. The Kier molecular flexibility index (Phi) is 3.25. The normalized spacial score (nSPS) is 19.0. The lowest BCUT2D eigenvalue weighted by Gasteiger charge is -2.35. The van der Waals surface area contributed by atoms with Crippen molar-refractivity contribution in [3.05, 3.63) is 28.4 Å². The summed E-state index contributed by atoms with van der Waals surface area (Å²) in [6.07, 6.45) is 3.34. The maximum Gasteiger partial charge on any atom is 0.287 e. The predicted molar refractivity (Wildman–Crippen MR) is 72.4 cm³/mol. The molecule has 1 aromatic rings. The number of nitrogens with zero attached hydrogens (tertiary/aromatic N) is 4. The van der Waals surface area contributed by atoms with Crippen LogP contribution in [0.3, 0.4) is 0 Å². The highest BCUT2D eigenvalue weighted by atomic mass is 16.6. The van der Waals surface area contributed by atoms with Gasteiger partial charge in [-0.25, -0.2) is 4.98 Å². The number of piperazine rings is 1. The zero-order valence-corrected chi connectivity index (χ0v) is 11.1. The Morgan fingerprint density at radius 2 is 1.95 bits per heavy atom. The fourth-order valence-corrected chi connectivity index (χ4v) is 2.42. The molecule has 0 spiro atoms. The van der Waals surface area contributed by atoms with Crippen LogP contribution in [0.2, 0.25) is 0 Å². The van der Waals surface area contributed by atoms with Crippen molar-refractivity contribution in [3.63, 3.8) is 0 Å². The van der Waals surface area contributed by atoms with Crippen LogP contribution in [0.1, 0.15) is 12.8 Å². The molecule has 1 aliphatic carbocycles. The molecule has 0 unspecified atom stereocenters. The lowest BCUT2D eigenvalue weighted by molar-refractivity contribution is -0.385. The number of carbonyl (C=O) groups excluding carboxylic acids is 1. The molecule has 0 radical (unpaired) electrons. The number of hydrogen-bond donors (Lipinski definition) is 0. The topological polar surface area (TPSA) is 79.6 Å². The van der Waals surface area contributed by atoms with E-state index in [0.29, 0.717) is 13.1 Å². The minimum Gasteiger partial charge on any atom is -0.353 e. The molecule has 20 heavy (non-hydrogen) atoms. The van der Waals surface area contributed by atoms with Crippen molar-refractivity contribution in [2.24, 2.45) is 5.92 Å². The van der Waals surface area contributed by atoms with Gasteiger partial charge in [0, 0.05) is 38.2 Å². The van der Waals surface area contributed by atoms with Crippen molar-refractivity contribution in [2.75, 3.05) is 31.1 Å². The monoisotopic (exact) mass is 276 g/mol. The second-order valence-corrected chi connectivity index (χ2v) is 5.22. The molecule has 1 saturated heterocycles. The highest BCUT2D eigenvalue weighted by Crippen LogP contribution is 2.31. The molecular weight excluding hydrogens is 260 g/mol. The van der Waals surface area contributed by atoms with Gasteiger partial charge in [-0.05, 0) is 18.9 Å². The second kappa shape index (κ2) is 5.07. The molecule has 0 N–H and O–H groups in total. The highest BCUT2D eigenvalue weighted by Gasteiger charge is 2.34. The molecular formula is C13H16N4O3. The number of nitro groups is 1. The molecule has 1 aliphatic heterocycles. The smallest absolute Gasteiger partial charge is 0.287 e. The Labute approximate surface area is 116 Å². The van der Waals surface area contributed by atoms with E-state index in [2.05, 4.69) is 9.88 Å². The van der Waals surface area contributed by atoms with Crippen LogP contribution in [-0.2, 0) is 4.79 Å². The molecule has 3 rings (SSSR count). The number of rotatable bonds is 3. The summed E-state index contributed by atoms with van der Waals surface area (Å²) in [4.78, 5) is 30.2. The zero-order valence-electron chi connectivity index (χ0n) is 11.1. The van der Waals surface area contributed by atoms with Gasteiger partial charge < -0.3 is 9.80 Å². The summed E-state index contributed by atoms with van der Waals surface area (Å²) < 4.78 is 0. The van der Waals surface area contributed by atoms with Crippen molar-refractivity contribution in [1.82, 2.24) is 9.88 Å². The van der Waals surface area contributed by atoms with E-state index in [1.54, 1.807) is 6.07 Å². The van der Waals surface area contributed by atoms with Crippen LogP contribution in [0.15, 0.2) is 18.3 Å². The summed E-state index contributed by atoms with van der Waals surface area (Å²) >= 11 is 0. The van der Waals surface area contributed by atoms with E-state index in [1.165, 1.54) is 12.3 Å². The van der Waals surface area contributed by atoms with E-state index >= 15 is 0 Å². The van der Waals surface area contributed by atoms with E-state index < -0.39 is 4.92 Å². The molecule has 2 heterocycles. The van der Waals surface area contributed by atoms with Crippen LogP contribution in [0.5, 0.6) is 0 Å². The van der Waals surface area contributed by atoms with Gasteiger partial charge in [0.2, 0.25) is 5.91 Å². The Hall–Kier alpha value is -2.18. The number of pyridine rings is 1. The third kappa shape index (κ3) is 2.56. The Balaban J connectivity index is 1.59. The Morgan fingerprint density at radius 3 is 2.45 bits per heavy atom. The third-order valence-corrected chi connectivity index (χ3v) is 3.79. The number of anilines is 1. The first kappa shape index (κ1) is 12.8. The van der Waals surface area contributed by atoms with Crippen molar-refractivity contribution in [3.8, 4) is 0 Å². The van der Waals surface area contributed by atoms with E-state index in [0.717, 1.165) is 31.7 Å². The molecule has 0 bridgehead atoms. The van der Waals surface area contributed by atoms with Crippen LogP contribution in [0.4, 0.5) is 11.5 Å². The van der Waals surface area contributed by atoms with Gasteiger partial charge in [-0.3, -0.25) is 14.9 Å². The van der Waals surface area contributed by atoms with Crippen LogP contribution in [-0.4, -0.2) is 46.9 Å². The van der Waals surface area contributed by atoms with Crippen molar-refractivity contribution >= 4 is 17.4 Å². The van der Waals surface area contributed by atoms with Crippen molar-refractivity contribution < 1.29 is 9.72 Å². The molecule has 1 amide bonds. The summed E-state index contributed by atoms with van der Waals surface area (Å²) in [5, 5.41) is 10.6. The fraction of sp³-hybridized carbons (Fsp3) is 0.538. The fourth-order valence-electron chi connectivity index (χ4n) is 2.42. The molecule has 2 aliphatic rings. The van der Waals surface area contributed by atoms with E-state index in [-0.39, 0.29) is 17.5 Å². The summed E-state index contributed by atoms with van der Waals surface area (Å²) in [6, 6.07) is 3.13. The first-order valence-corrected chi connectivity index (χ1v) is 6.79. The Morgan fingerprint density at radius 1 is 1.25 bits per heavy atom. The summed E-state index contributed by atoms with van der Waals surface area (Å²) in [6.45, 7) is 2.86. The van der Waals surface area contributed by atoms with Crippen LogP contribution >= 0.6 is 0 Å². The van der Waals surface area contributed by atoms with Crippen LogP contribution in [0, 0.1) is 16.0 Å². The van der Waals surface area contributed by atoms with Gasteiger partial charge in [0.25, 0.3) is 5.69 Å². The molecule has 2 fully saturated rings. The predicted octanol–water partition coefficient (Wildman–Crippen LogP) is 1.05. The molecule has 0 aromatic carbocycles. The maximum atomic E-state index is 11.9. The highest BCUT2D eigenvalue weighted by molar-refractivity contribution is 5.81. The first-order valence-electron chi connectivity index (χ1n) is 6.79. The second-order valence-electron chi connectivity index (χ2n) is 5.22. The van der Waals surface area contributed by atoms with Gasteiger partial charge in [0.15, 0.2) is 0 Å². The minimum absolute atomic E-state index is 0.00343. The van der Waals surface area contributed by atoms with Gasteiger partial charge in [-0.2, -0.15) is 0 Å².